The van der Waals surface area contributed by atoms with Crippen LogP contribution in [0, 0.1) is 0 Å². The molecule has 0 bridgehead atoms. The summed E-state index contributed by atoms with van der Waals surface area (Å²) >= 11 is 4.55. The van der Waals surface area contributed by atoms with Gasteiger partial charge in [0, 0.05) is 7.05 Å². The van der Waals surface area contributed by atoms with Crippen LogP contribution in [-0.2, 0) is 23.2 Å². The number of hydrogen-bond acceptors (Lipinski definition) is 3. The highest BCUT2D eigenvalue weighted by atomic mass is 32.1. The Kier molecular flexibility index (Phi) is 3.89. The van der Waals surface area contributed by atoms with Crippen molar-refractivity contribution in [1.29, 1.82) is 0 Å². The molecule has 0 radical (unpaired) electrons. The Hall–Kier alpha value is -1.78. The van der Waals surface area contributed by atoms with Gasteiger partial charge in [0.15, 0.2) is 5.54 Å². The number of carbonyl (C=O) groups excluding carboxylic acids is 1. The van der Waals surface area contributed by atoms with Gasteiger partial charge in [-0.15, -0.1) is 12.6 Å². The molecule has 2 aliphatic rings. The maximum Gasteiger partial charge on any atom is 0.253 e. The van der Waals surface area contributed by atoms with Crippen molar-refractivity contribution in [3.63, 3.8) is 0 Å². The van der Waals surface area contributed by atoms with Gasteiger partial charge in [-0.25, -0.2) is 0 Å². The van der Waals surface area contributed by atoms with Crippen LogP contribution in [0.1, 0.15) is 35.1 Å². The van der Waals surface area contributed by atoms with Gasteiger partial charge >= 0.3 is 0 Å². The zero-order chi connectivity index (χ0) is 16.7. The number of fused-ring (bicyclic) bond motifs is 1. The summed E-state index contributed by atoms with van der Waals surface area (Å²) in [5, 5.41) is 3.45. The molecule has 4 heteroatoms. The number of nitrogens with zero attached hydrogens (tertiary/aromatic N) is 1. The number of hydrogen-bond donors (Lipinski definition) is 2. The number of carbonyl (C=O) groups is 1. The molecule has 1 N–H and O–H groups in total. The minimum absolute atomic E-state index is 0.0458. The molecule has 4 rings (SSSR count). The van der Waals surface area contributed by atoms with Crippen LogP contribution in [0.2, 0.25) is 0 Å². The lowest BCUT2D eigenvalue weighted by atomic mass is 9.80. The van der Waals surface area contributed by atoms with Gasteiger partial charge in [0.1, 0.15) is 5.50 Å². The maximum atomic E-state index is 13.2. The summed E-state index contributed by atoms with van der Waals surface area (Å²) in [6.07, 6.45) is 4.73. The highest BCUT2D eigenvalue weighted by Crippen LogP contribution is 2.39. The predicted octanol–water partition coefficient (Wildman–Crippen LogP) is 3.08. The van der Waals surface area contributed by atoms with E-state index in [9.17, 15) is 4.79 Å². The van der Waals surface area contributed by atoms with Gasteiger partial charge in [-0.1, -0.05) is 48.5 Å². The smallest absolute Gasteiger partial charge is 0.253 e. The second-order valence-corrected chi connectivity index (χ2v) is 7.23. The number of thiol groups is 1. The molecule has 1 amide bonds. The zero-order valence-corrected chi connectivity index (χ0v) is 14.7. The van der Waals surface area contributed by atoms with Gasteiger partial charge < -0.3 is 4.90 Å². The fraction of sp³-hybridized carbons (Fsp3) is 0.350. The Morgan fingerprint density at radius 3 is 2.42 bits per heavy atom. The molecule has 2 atom stereocenters. The van der Waals surface area contributed by atoms with E-state index in [4.69, 9.17) is 0 Å². The van der Waals surface area contributed by atoms with Crippen LogP contribution in [0.4, 0.5) is 0 Å². The molecule has 0 spiro atoms. The minimum Gasteiger partial charge on any atom is -0.319 e. The van der Waals surface area contributed by atoms with Crippen LogP contribution in [0.5, 0.6) is 0 Å². The maximum absolute atomic E-state index is 13.2. The SMILES string of the molecule is CN1C(=O)C(c2ccccc2)(c2ccc3c(c2)CCCC3)NC1S. The van der Waals surface area contributed by atoms with E-state index in [2.05, 4.69) is 36.1 Å². The van der Waals surface area contributed by atoms with Crippen molar-refractivity contribution in [2.45, 2.75) is 36.7 Å². The molecule has 3 nitrogen and oxygen atoms in total. The third-order valence-corrected chi connectivity index (χ3v) is 5.82. The first-order chi connectivity index (χ1) is 11.6. The third kappa shape index (κ3) is 2.28. The van der Waals surface area contributed by atoms with Crippen LogP contribution in [-0.4, -0.2) is 23.4 Å². The van der Waals surface area contributed by atoms with E-state index < -0.39 is 5.54 Å². The van der Waals surface area contributed by atoms with Gasteiger partial charge in [-0.2, -0.15) is 0 Å². The van der Waals surface area contributed by atoms with Gasteiger partial charge in [-0.05, 0) is 47.9 Å². The number of benzene rings is 2. The van der Waals surface area contributed by atoms with E-state index in [0.717, 1.165) is 24.0 Å². The molecule has 2 aromatic rings. The van der Waals surface area contributed by atoms with Crippen molar-refractivity contribution in [1.82, 2.24) is 10.2 Å². The Labute approximate surface area is 148 Å². The lowest BCUT2D eigenvalue weighted by molar-refractivity contribution is -0.130. The second-order valence-electron chi connectivity index (χ2n) is 6.74. The van der Waals surface area contributed by atoms with Crippen LogP contribution < -0.4 is 5.32 Å². The van der Waals surface area contributed by atoms with Crippen molar-refractivity contribution >= 4 is 18.5 Å². The molecule has 124 valence electrons. The highest BCUT2D eigenvalue weighted by Gasteiger charge is 2.51. The molecule has 0 aromatic heterocycles. The first-order valence-electron chi connectivity index (χ1n) is 8.54. The lowest BCUT2D eigenvalue weighted by Crippen LogP contribution is -2.45. The Balaban J connectivity index is 1.90. The largest absolute Gasteiger partial charge is 0.319 e. The number of rotatable bonds is 2. The van der Waals surface area contributed by atoms with Crippen molar-refractivity contribution in [2.24, 2.45) is 0 Å². The van der Waals surface area contributed by atoms with Crippen molar-refractivity contribution < 1.29 is 4.79 Å². The molecule has 2 aromatic carbocycles. The number of likely N-dealkylation sites (N-methyl/N-ethyl adjacent to an activating group) is 1. The van der Waals surface area contributed by atoms with E-state index in [-0.39, 0.29) is 11.4 Å². The summed E-state index contributed by atoms with van der Waals surface area (Å²) in [7, 11) is 1.80. The number of aryl methyl sites for hydroxylation is 2. The van der Waals surface area contributed by atoms with E-state index in [1.165, 1.54) is 24.0 Å². The van der Waals surface area contributed by atoms with Crippen molar-refractivity contribution in [3.8, 4) is 0 Å². The van der Waals surface area contributed by atoms with Gasteiger partial charge in [0.05, 0.1) is 0 Å². The molecule has 24 heavy (non-hydrogen) atoms. The summed E-state index contributed by atoms with van der Waals surface area (Å²) < 4.78 is 0. The average Bonchev–Trinajstić information content (AvgIpc) is 2.87. The summed E-state index contributed by atoms with van der Waals surface area (Å²) in [4.78, 5) is 14.9. The molecule has 1 aliphatic carbocycles. The fourth-order valence-electron chi connectivity index (χ4n) is 3.96. The fourth-order valence-corrected chi connectivity index (χ4v) is 4.26. The van der Waals surface area contributed by atoms with Crippen molar-refractivity contribution in [3.05, 3.63) is 70.8 Å². The van der Waals surface area contributed by atoms with Gasteiger partial charge in [0.2, 0.25) is 0 Å². The molecular weight excluding hydrogens is 316 g/mol. The minimum atomic E-state index is -0.852. The molecular formula is C20H22N2OS. The molecule has 0 saturated carbocycles. The lowest BCUT2D eigenvalue weighted by Gasteiger charge is -2.30. The van der Waals surface area contributed by atoms with E-state index in [1.807, 2.05) is 30.3 Å². The summed E-state index contributed by atoms with van der Waals surface area (Å²) in [5.41, 5.74) is 3.64. The summed E-state index contributed by atoms with van der Waals surface area (Å²) in [6.45, 7) is 0. The Morgan fingerprint density at radius 1 is 1.04 bits per heavy atom. The van der Waals surface area contributed by atoms with Crippen molar-refractivity contribution in [2.75, 3.05) is 7.05 Å². The van der Waals surface area contributed by atoms with E-state index >= 15 is 0 Å². The first kappa shape index (κ1) is 15.7. The molecule has 2 unspecified atom stereocenters. The van der Waals surface area contributed by atoms with Gasteiger partial charge in [-0.3, -0.25) is 10.1 Å². The molecule has 1 saturated heterocycles. The van der Waals surface area contributed by atoms with E-state index in [0.29, 0.717) is 0 Å². The van der Waals surface area contributed by atoms with Crippen LogP contribution in [0.15, 0.2) is 48.5 Å². The quantitative estimate of drug-likeness (QED) is 0.825. The number of nitrogens with one attached hydrogen (secondary N) is 1. The molecule has 1 fully saturated rings. The Morgan fingerprint density at radius 2 is 1.75 bits per heavy atom. The van der Waals surface area contributed by atoms with Crippen LogP contribution >= 0.6 is 12.6 Å². The highest BCUT2D eigenvalue weighted by molar-refractivity contribution is 7.80. The monoisotopic (exact) mass is 338 g/mol. The van der Waals surface area contributed by atoms with Crippen LogP contribution in [0.25, 0.3) is 0 Å². The second kappa shape index (κ2) is 5.94. The average molecular weight is 338 g/mol. The van der Waals surface area contributed by atoms with Crippen LogP contribution in [0.3, 0.4) is 0 Å². The zero-order valence-electron chi connectivity index (χ0n) is 13.8. The van der Waals surface area contributed by atoms with E-state index in [1.54, 1.807) is 11.9 Å². The summed E-state index contributed by atoms with van der Waals surface area (Å²) in [5.74, 6) is 0.0458. The summed E-state index contributed by atoms with van der Waals surface area (Å²) in [6, 6.07) is 16.5. The molecule has 1 heterocycles. The third-order valence-electron chi connectivity index (χ3n) is 5.34. The first-order valence-corrected chi connectivity index (χ1v) is 9.05. The standard InChI is InChI=1S/C20H22N2OS/c1-22-18(23)20(21-19(22)24,16-9-3-2-4-10-16)17-12-11-14-7-5-6-8-15(14)13-17/h2-4,9-13,19,21,24H,5-8H2,1H3. The normalized spacial score (nSPS) is 26.5. The number of amides is 1. The topological polar surface area (TPSA) is 32.3 Å². The van der Waals surface area contributed by atoms with Gasteiger partial charge in [0.25, 0.3) is 5.91 Å². The Bertz CT molecular complexity index is 776. The predicted molar refractivity (Wildman–Crippen MR) is 99.0 cm³/mol. The molecule has 1 aliphatic heterocycles.